The first-order valence-corrected chi connectivity index (χ1v) is 8.77. The van der Waals surface area contributed by atoms with Crippen LogP contribution in [0.5, 0.6) is 5.75 Å². The van der Waals surface area contributed by atoms with E-state index in [2.05, 4.69) is 39.1 Å². The van der Waals surface area contributed by atoms with Gasteiger partial charge in [0.1, 0.15) is 5.75 Å². The molecule has 0 saturated carbocycles. The van der Waals surface area contributed by atoms with Crippen molar-refractivity contribution in [1.82, 2.24) is 10.6 Å². The number of nitrogens with one attached hydrogen (secondary N) is 3. The highest BCUT2D eigenvalue weighted by Crippen LogP contribution is 2.17. The number of guanidine groups is 1. The predicted molar refractivity (Wildman–Crippen MR) is 121 cm³/mol. The van der Waals surface area contributed by atoms with Gasteiger partial charge in [-0.1, -0.05) is 36.4 Å². The van der Waals surface area contributed by atoms with Crippen molar-refractivity contribution in [3.05, 3.63) is 60.2 Å². The molecule has 0 bridgehead atoms. The molecule has 2 rings (SSSR count). The molecule has 6 heteroatoms. The first kappa shape index (κ1) is 22.1. The standard InChI is InChI=1S/C20H28N4O.HI/c1-3-25-19-13-8-7-10-17(19)16-24-20(21-2)23-15-9-14-22-18-11-5-4-6-12-18;/h4-8,10-13,22H,3,9,14-16H2,1-2H3,(H2,21,23,24);1H. The fourth-order valence-corrected chi connectivity index (χ4v) is 2.43. The molecule has 0 aliphatic heterocycles. The van der Waals surface area contributed by atoms with Gasteiger partial charge in [-0.25, -0.2) is 0 Å². The van der Waals surface area contributed by atoms with E-state index in [1.807, 2.05) is 43.3 Å². The molecule has 0 spiro atoms. The van der Waals surface area contributed by atoms with E-state index in [0.29, 0.717) is 13.2 Å². The Kier molecular flexibility index (Phi) is 11.3. The molecule has 0 fully saturated rings. The van der Waals surface area contributed by atoms with Gasteiger partial charge < -0.3 is 20.7 Å². The molecule has 0 unspecified atom stereocenters. The van der Waals surface area contributed by atoms with Crippen LogP contribution in [0, 0.1) is 0 Å². The van der Waals surface area contributed by atoms with E-state index in [9.17, 15) is 0 Å². The first-order chi connectivity index (χ1) is 12.3. The third kappa shape index (κ3) is 7.95. The molecule has 0 atom stereocenters. The topological polar surface area (TPSA) is 57.7 Å². The van der Waals surface area contributed by atoms with Gasteiger partial charge in [-0.2, -0.15) is 0 Å². The lowest BCUT2D eigenvalue weighted by Gasteiger charge is -2.14. The maximum absolute atomic E-state index is 5.65. The summed E-state index contributed by atoms with van der Waals surface area (Å²) in [5.41, 5.74) is 2.27. The smallest absolute Gasteiger partial charge is 0.191 e. The fraction of sp³-hybridized carbons (Fsp3) is 0.350. The summed E-state index contributed by atoms with van der Waals surface area (Å²) < 4.78 is 5.65. The van der Waals surface area contributed by atoms with Crippen LogP contribution in [-0.2, 0) is 6.54 Å². The Morgan fingerprint density at radius 2 is 1.69 bits per heavy atom. The highest BCUT2D eigenvalue weighted by atomic mass is 127. The minimum atomic E-state index is 0. The number of nitrogens with zero attached hydrogens (tertiary/aromatic N) is 1. The van der Waals surface area contributed by atoms with Gasteiger partial charge in [0, 0.05) is 37.9 Å². The molecule has 0 aliphatic rings. The van der Waals surface area contributed by atoms with Crippen molar-refractivity contribution in [2.45, 2.75) is 19.9 Å². The van der Waals surface area contributed by atoms with Crippen molar-refractivity contribution >= 4 is 35.6 Å². The molecule has 0 saturated heterocycles. The zero-order chi connectivity index (χ0) is 17.7. The molecule has 2 aromatic carbocycles. The summed E-state index contributed by atoms with van der Waals surface area (Å²) in [5.74, 6) is 1.71. The van der Waals surface area contributed by atoms with Gasteiger partial charge in [0.05, 0.1) is 6.61 Å². The second-order valence-corrected chi connectivity index (χ2v) is 5.54. The average molecular weight is 468 g/mol. The van der Waals surface area contributed by atoms with E-state index in [1.165, 1.54) is 0 Å². The van der Waals surface area contributed by atoms with Gasteiger partial charge in [-0.3, -0.25) is 4.99 Å². The monoisotopic (exact) mass is 468 g/mol. The Balaban J connectivity index is 0.00000338. The van der Waals surface area contributed by atoms with Crippen LogP contribution in [0.2, 0.25) is 0 Å². The molecular weight excluding hydrogens is 439 g/mol. The van der Waals surface area contributed by atoms with Crippen LogP contribution in [0.25, 0.3) is 0 Å². The van der Waals surface area contributed by atoms with E-state index >= 15 is 0 Å². The van der Waals surface area contributed by atoms with E-state index < -0.39 is 0 Å². The summed E-state index contributed by atoms with van der Waals surface area (Å²) in [5, 5.41) is 10.1. The molecule has 5 nitrogen and oxygen atoms in total. The minimum absolute atomic E-state index is 0. The fourth-order valence-electron chi connectivity index (χ4n) is 2.43. The number of para-hydroxylation sites is 2. The summed E-state index contributed by atoms with van der Waals surface area (Å²) in [6.45, 7) is 5.11. The minimum Gasteiger partial charge on any atom is -0.494 e. The van der Waals surface area contributed by atoms with E-state index in [4.69, 9.17) is 4.74 Å². The van der Waals surface area contributed by atoms with Crippen LogP contribution in [-0.4, -0.2) is 32.7 Å². The number of benzene rings is 2. The Morgan fingerprint density at radius 1 is 0.962 bits per heavy atom. The Labute approximate surface area is 173 Å². The summed E-state index contributed by atoms with van der Waals surface area (Å²) in [4.78, 5) is 4.27. The van der Waals surface area contributed by atoms with Gasteiger partial charge >= 0.3 is 0 Å². The van der Waals surface area contributed by atoms with Gasteiger partial charge in [-0.05, 0) is 31.5 Å². The molecular formula is C20H29IN4O. The molecule has 0 amide bonds. The molecule has 2 aromatic rings. The molecule has 3 N–H and O–H groups in total. The number of ether oxygens (including phenoxy) is 1. The SMILES string of the molecule is CCOc1ccccc1CNC(=NC)NCCCNc1ccccc1.I. The molecule has 0 radical (unpaired) electrons. The number of halogens is 1. The van der Waals surface area contributed by atoms with Crippen LogP contribution in [0.4, 0.5) is 5.69 Å². The summed E-state index contributed by atoms with van der Waals surface area (Å²) >= 11 is 0. The van der Waals surface area contributed by atoms with Gasteiger partial charge in [-0.15, -0.1) is 24.0 Å². The summed E-state index contributed by atoms with van der Waals surface area (Å²) in [7, 11) is 1.78. The Morgan fingerprint density at radius 3 is 2.42 bits per heavy atom. The summed E-state index contributed by atoms with van der Waals surface area (Å²) in [6.07, 6.45) is 1.01. The zero-order valence-electron chi connectivity index (χ0n) is 15.5. The van der Waals surface area contributed by atoms with Gasteiger partial charge in [0.2, 0.25) is 0 Å². The third-order valence-electron chi connectivity index (χ3n) is 3.69. The second kappa shape index (κ2) is 13.3. The van der Waals surface area contributed by atoms with Crippen LogP contribution in [0.1, 0.15) is 18.9 Å². The number of aliphatic imine (C=N–C) groups is 1. The number of hydrogen-bond donors (Lipinski definition) is 3. The molecule has 0 heterocycles. The van der Waals surface area contributed by atoms with Crippen molar-refractivity contribution < 1.29 is 4.74 Å². The number of rotatable bonds is 9. The quantitative estimate of drug-likeness (QED) is 0.226. The Bertz CT molecular complexity index is 649. The maximum atomic E-state index is 5.65. The highest BCUT2D eigenvalue weighted by molar-refractivity contribution is 14.0. The van der Waals surface area contributed by atoms with Crippen molar-refractivity contribution in [3.8, 4) is 5.75 Å². The highest BCUT2D eigenvalue weighted by Gasteiger charge is 2.03. The molecule has 26 heavy (non-hydrogen) atoms. The van der Waals surface area contributed by atoms with Crippen molar-refractivity contribution in [1.29, 1.82) is 0 Å². The molecule has 0 aliphatic carbocycles. The van der Waals surface area contributed by atoms with E-state index in [-0.39, 0.29) is 24.0 Å². The lowest BCUT2D eigenvalue weighted by Crippen LogP contribution is -2.37. The Hall–Kier alpha value is -1.96. The van der Waals surface area contributed by atoms with Crippen LogP contribution >= 0.6 is 24.0 Å². The summed E-state index contributed by atoms with van der Waals surface area (Å²) in [6, 6.07) is 18.3. The van der Waals surface area contributed by atoms with Gasteiger partial charge in [0.25, 0.3) is 0 Å². The van der Waals surface area contributed by atoms with Crippen LogP contribution < -0.4 is 20.7 Å². The lowest BCUT2D eigenvalue weighted by molar-refractivity contribution is 0.336. The normalized spacial score (nSPS) is 10.6. The van der Waals surface area contributed by atoms with E-state index in [1.54, 1.807) is 7.05 Å². The number of hydrogen-bond acceptors (Lipinski definition) is 3. The second-order valence-electron chi connectivity index (χ2n) is 5.54. The van der Waals surface area contributed by atoms with Crippen LogP contribution in [0.15, 0.2) is 59.6 Å². The predicted octanol–water partition coefficient (Wildman–Crippen LogP) is 3.87. The average Bonchev–Trinajstić information content (AvgIpc) is 2.66. The van der Waals surface area contributed by atoms with Crippen molar-refractivity contribution in [3.63, 3.8) is 0 Å². The lowest BCUT2D eigenvalue weighted by atomic mass is 10.2. The zero-order valence-corrected chi connectivity index (χ0v) is 17.8. The van der Waals surface area contributed by atoms with Crippen molar-refractivity contribution in [2.24, 2.45) is 4.99 Å². The van der Waals surface area contributed by atoms with Crippen molar-refractivity contribution in [2.75, 3.05) is 32.1 Å². The number of anilines is 1. The first-order valence-electron chi connectivity index (χ1n) is 8.77. The largest absolute Gasteiger partial charge is 0.494 e. The van der Waals surface area contributed by atoms with Crippen LogP contribution in [0.3, 0.4) is 0 Å². The maximum Gasteiger partial charge on any atom is 0.191 e. The van der Waals surface area contributed by atoms with E-state index in [0.717, 1.165) is 42.5 Å². The van der Waals surface area contributed by atoms with Gasteiger partial charge in [0.15, 0.2) is 5.96 Å². The third-order valence-corrected chi connectivity index (χ3v) is 3.69. The molecule has 0 aromatic heterocycles. The molecule has 142 valence electrons.